The summed E-state index contributed by atoms with van der Waals surface area (Å²) in [6.45, 7) is 5.05. The Hall–Kier alpha value is -3.79. The van der Waals surface area contributed by atoms with Crippen LogP contribution in [0.2, 0.25) is 0 Å². The first-order valence-corrected chi connectivity index (χ1v) is 10.9. The van der Waals surface area contributed by atoms with Gasteiger partial charge in [0.05, 0.1) is 0 Å². The van der Waals surface area contributed by atoms with E-state index in [1.54, 1.807) is 13.8 Å². The van der Waals surface area contributed by atoms with Gasteiger partial charge in [-0.15, -0.1) is 11.8 Å². The molecule has 7 heteroatoms. The Morgan fingerprint density at radius 2 is 1.67 bits per heavy atom. The van der Waals surface area contributed by atoms with E-state index >= 15 is 0 Å². The zero-order valence-electron chi connectivity index (χ0n) is 19.0. The summed E-state index contributed by atoms with van der Waals surface area (Å²) < 4.78 is 5.54. The molecule has 0 saturated carbocycles. The summed E-state index contributed by atoms with van der Waals surface area (Å²) in [6.07, 6.45) is -0.685. The van der Waals surface area contributed by atoms with Crippen molar-refractivity contribution >= 4 is 18.0 Å². The SMILES string of the molecule is CC#CCC(NC(=O)OCC1c2ccccc2-c2ccccc21)C(=O)N(CC)C(C)C(=O)O. The van der Waals surface area contributed by atoms with Gasteiger partial charge in [0.25, 0.3) is 0 Å². The number of carboxylic acids is 1. The number of hydrogen-bond donors (Lipinski definition) is 2. The third-order valence-corrected chi connectivity index (χ3v) is 5.87. The first-order chi connectivity index (χ1) is 15.9. The van der Waals surface area contributed by atoms with E-state index in [0.29, 0.717) is 0 Å². The molecule has 1 aliphatic rings. The van der Waals surface area contributed by atoms with Crippen LogP contribution in [-0.4, -0.2) is 53.2 Å². The summed E-state index contributed by atoms with van der Waals surface area (Å²) in [5, 5.41) is 11.9. The van der Waals surface area contributed by atoms with Crippen molar-refractivity contribution in [3.8, 4) is 23.0 Å². The van der Waals surface area contributed by atoms with E-state index in [1.807, 2.05) is 36.4 Å². The number of nitrogens with one attached hydrogen (secondary N) is 1. The van der Waals surface area contributed by atoms with Crippen molar-refractivity contribution in [1.29, 1.82) is 0 Å². The topological polar surface area (TPSA) is 95.9 Å². The Morgan fingerprint density at radius 3 is 2.18 bits per heavy atom. The molecule has 2 unspecified atom stereocenters. The van der Waals surface area contributed by atoms with Gasteiger partial charge in [0.15, 0.2) is 0 Å². The molecule has 2 N–H and O–H groups in total. The molecule has 7 nitrogen and oxygen atoms in total. The second-order valence-corrected chi connectivity index (χ2v) is 7.79. The highest BCUT2D eigenvalue weighted by atomic mass is 16.5. The first kappa shape index (κ1) is 23.9. The fourth-order valence-corrected chi connectivity index (χ4v) is 4.14. The van der Waals surface area contributed by atoms with Gasteiger partial charge in [0.1, 0.15) is 18.7 Å². The van der Waals surface area contributed by atoms with Crippen LogP contribution in [0, 0.1) is 11.8 Å². The second-order valence-electron chi connectivity index (χ2n) is 7.79. The molecule has 0 radical (unpaired) electrons. The molecule has 2 aromatic carbocycles. The van der Waals surface area contributed by atoms with Gasteiger partial charge < -0.3 is 20.1 Å². The molecular weight excluding hydrogens is 420 g/mol. The Kier molecular flexibility index (Phi) is 7.73. The average molecular weight is 449 g/mol. The first-order valence-electron chi connectivity index (χ1n) is 10.9. The zero-order chi connectivity index (χ0) is 24.0. The third kappa shape index (κ3) is 5.17. The number of ether oxygens (including phenoxy) is 1. The monoisotopic (exact) mass is 448 g/mol. The number of nitrogens with zero attached hydrogens (tertiary/aromatic N) is 1. The van der Waals surface area contributed by atoms with Crippen LogP contribution in [-0.2, 0) is 14.3 Å². The van der Waals surface area contributed by atoms with E-state index in [-0.39, 0.29) is 25.5 Å². The largest absolute Gasteiger partial charge is 0.480 e. The van der Waals surface area contributed by atoms with E-state index in [4.69, 9.17) is 4.74 Å². The van der Waals surface area contributed by atoms with Gasteiger partial charge in [-0.25, -0.2) is 9.59 Å². The highest BCUT2D eigenvalue weighted by molar-refractivity contribution is 5.89. The molecule has 0 heterocycles. The molecule has 0 bridgehead atoms. The minimum absolute atomic E-state index is 0.0579. The fourth-order valence-electron chi connectivity index (χ4n) is 4.14. The molecular formula is C26H28N2O5. The quantitative estimate of drug-likeness (QED) is 0.602. The maximum absolute atomic E-state index is 13.0. The number of alkyl carbamates (subject to hydrolysis) is 1. The number of amides is 2. The van der Waals surface area contributed by atoms with Gasteiger partial charge in [0, 0.05) is 18.9 Å². The van der Waals surface area contributed by atoms with Gasteiger partial charge in [-0.1, -0.05) is 48.5 Å². The lowest BCUT2D eigenvalue weighted by Gasteiger charge is -2.29. The number of likely N-dealkylation sites (N-methyl/N-ethyl adjacent to an activating group) is 1. The molecule has 0 aliphatic heterocycles. The lowest BCUT2D eigenvalue weighted by molar-refractivity contribution is -0.150. The van der Waals surface area contributed by atoms with Crippen molar-refractivity contribution in [2.24, 2.45) is 0 Å². The summed E-state index contributed by atoms with van der Waals surface area (Å²) in [7, 11) is 0. The molecule has 2 amide bonds. The number of hydrogen-bond acceptors (Lipinski definition) is 4. The maximum atomic E-state index is 13.0. The summed E-state index contributed by atoms with van der Waals surface area (Å²) in [4.78, 5) is 38.2. The number of aliphatic carboxylic acids is 1. The number of rotatable bonds is 8. The number of carbonyl (C=O) groups is 3. The molecule has 0 fully saturated rings. The smallest absolute Gasteiger partial charge is 0.407 e. The van der Waals surface area contributed by atoms with Gasteiger partial charge in [-0.3, -0.25) is 4.79 Å². The number of benzene rings is 2. The minimum Gasteiger partial charge on any atom is -0.480 e. The normalized spacial score (nSPS) is 13.5. The molecule has 33 heavy (non-hydrogen) atoms. The molecule has 3 rings (SSSR count). The summed E-state index contributed by atoms with van der Waals surface area (Å²) in [5.74, 6) is 3.76. The lowest BCUT2D eigenvalue weighted by Crippen LogP contribution is -2.53. The predicted molar refractivity (Wildman–Crippen MR) is 125 cm³/mol. The third-order valence-electron chi connectivity index (χ3n) is 5.87. The van der Waals surface area contributed by atoms with Crippen molar-refractivity contribution in [1.82, 2.24) is 10.2 Å². The second kappa shape index (κ2) is 10.7. The van der Waals surface area contributed by atoms with Crippen LogP contribution in [0.3, 0.4) is 0 Å². The van der Waals surface area contributed by atoms with Crippen LogP contribution in [0.5, 0.6) is 0 Å². The van der Waals surface area contributed by atoms with E-state index in [9.17, 15) is 19.5 Å². The summed E-state index contributed by atoms with van der Waals surface area (Å²) in [6, 6.07) is 14.0. The highest BCUT2D eigenvalue weighted by Gasteiger charge is 2.32. The molecule has 2 atom stereocenters. The van der Waals surface area contributed by atoms with Crippen LogP contribution in [0.15, 0.2) is 48.5 Å². The van der Waals surface area contributed by atoms with Gasteiger partial charge in [0.2, 0.25) is 5.91 Å². The molecule has 0 aromatic heterocycles. The van der Waals surface area contributed by atoms with E-state index < -0.39 is 30.1 Å². The van der Waals surface area contributed by atoms with Crippen molar-refractivity contribution in [2.45, 2.75) is 45.2 Å². The fraction of sp³-hybridized carbons (Fsp3) is 0.346. The van der Waals surface area contributed by atoms with Crippen molar-refractivity contribution in [3.63, 3.8) is 0 Å². The highest BCUT2D eigenvalue weighted by Crippen LogP contribution is 2.44. The standard InChI is InChI=1S/C26H28N2O5/c1-4-6-15-23(24(29)28(5-2)17(3)25(30)31)27-26(32)33-16-22-20-13-9-7-11-18(20)19-12-8-10-14-21(19)22/h7-14,17,22-23H,5,15-16H2,1-3H3,(H,27,32)(H,30,31). The van der Waals surface area contributed by atoms with Crippen LogP contribution < -0.4 is 5.32 Å². The lowest BCUT2D eigenvalue weighted by atomic mass is 9.98. The minimum atomic E-state index is -1.12. The van der Waals surface area contributed by atoms with Gasteiger partial charge in [-0.05, 0) is 43.0 Å². The molecule has 0 spiro atoms. The van der Waals surface area contributed by atoms with Crippen molar-refractivity contribution in [2.75, 3.05) is 13.2 Å². The van der Waals surface area contributed by atoms with Gasteiger partial charge in [-0.2, -0.15) is 0 Å². The van der Waals surface area contributed by atoms with Crippen LogP contribution in [0.1, 0.15) is 44.2 Å². The van der Waals surface area contributed by atoms with Crippen LogP contribution >= 0.6 is 0 Å². The summed E-state index contributed by atoms with van der Waals surface area (Å²) >= 11 is 0. The van der Waals surface area contributed by atoms with Crippen LogP contribution in [0.25, 0.3) is 11.1 Å². The molecule has 0 saturated heterocycles. The number of carboxylic acid groups (broad SMARTS) is 1. The van der Waals surface area contributed by atoms with E-state index in [1.165, 1.54) is 11.8 Å². The molecule has 1 aliphatic carbocycles. The Bertz CT molecular complexity index is 1060. The Morgan fingerprint density at radius 1 is 1.09 bits per heavy atom. The van der Waals surface area contributed by atoms with Crippen molar-refractivity contribution in [3.05, 3.63) is 59.7 Å². The van der Waals surface area contributed by atoms with E-state index in [2.05, 4.69) is 29.3 Å². The zero-order valence-corrected chi connectivity index (χ0v) is 19.0. The number of fused-ring (bicyclic) bond motifs is 3. The van der Waals surface area contributed by atoms with E-state index in [0.717, 1.165) is 22.3 Å². The summed E-state index contributed by atoms with van der Waals surface area (Å²) in [5.41, 5.74) is 4.41. The number of carbonyl (C=O) groups excluding carboxylic acids is 2. The van der Waals surface area contributed by atoms with Gasteiger partial charge >= 0.3 is 12.1 Å². The average Bonchev–Trinajstić information content (AvgIpc) is 3.14. The predicted octanol–water partition coefficient (Wildman–Crippen LogP) is 3.63. The Labute approximate surface area is 193 Å². The molecule has 172 valence electrons. The van der Waals surface area contributed by atoms with Crippen molar-refractivity contribution < 1.29 is 24.2 Å². The maximum Gasteiger partial charge on any atom is 0.407 e. The Balaban J connectivity index is 1.72. The van der Waals surface area contributed by atoms with Crippen LogP contribution in [0.4, 0.5) is 4.79 Å². The molecule has 2 aromatic rings.